The SMILES string of the molecule is O[C@H](COCc1ccccc1)CC1SCCCS1. The quantitative estimate of drug-likeness (QED) is 0.869. The average molecular weight is 284 g/mol. The van der Waals surface area contributed by atoms with Crippen molar-refractivity contribution in [2.75, 3.05) is 18.1 Å². The van der Waals surface area contributed by atoms with E-state index in [2.05, 4.69) is 0 Å². The minimum atomic E-state index is -0.336. The van der Waals surface area contributed by atoms with Gasteiger partial charge in [-0.1, -0.05) is 30.3 Å². The van der Waals surface area contributed by atoms with Crippen LogP contribution in [0.15, 0.2) is 30.3 Å². The zero-order chi connectivity index (χ0) is 12.6. The fraction of sp³-hybridized carbons (Fsp3) is 0.571. The molecule has 1 aliphatic rings. The third kappa shape index (κ3) is 5.22. The van der Waals surface area contributed by atoms with Crippen molar-refractivity contribution in [2.24, 2.45) is 0 Å². The van der Waals surface area contributed by atoms with Crippen molar-refractivity contribution in [1.82, 2.24) is 0 Å². The van der Waals surface area contributed by atoms with E-state index in [0.29, 0.717) is 17.8 Å². The molecule has 100 valence electrons. The molecule has 0 unspecified atom stereocenters. The zero-order valence-electron chi connectivity index (χ0n) is 10.5. The summed E-state index contributed by atoms with van der Waals surface area (Å²) in [5.41, 5.74) is 1.16. The summed E-state index contributed by atoms with van der Waals surface area (Å²) in [5.74, 6) is 2.46. The van der Waals surface area contributed by atoms with E-state index in [1.807, 2.05) is 53.9 Å². The van der Waals surface area contributed by atoms with Crippen molar-refractivity contribution in [3.05, 3.63) is 35.9 Å². The Morgan fingerprint density at radius 1 is 1.22 bits per heavy atom. The Morgan fingerprint density at radius 3 is 2.67 bits per heavy atom. The van der Waals surface area contributed by atoms with Crippen molar-refractivity contribution >= 4 is 23.5 Å². The van der Waals surface area contributed by atoms with Crippen LogP contribution in [0.4, 0.5) is 0 Å². The number of hydrogen-bond acceptors (Lipinski definition) is 4. The Labute approximate surface area is 117 Å². The zero-order valence-corrected chi connectivity index (χ0v) is 12.1. The summed E-state index contributed by atoms with van der Waals surface area (Å²) < 4.78 is 6.10. The Hall–Kier alpha value is -0.160. The lowest BCUT2D eigenvalue weighted by Gasteiger charge is -2.23. The van der Waals surface area contributed by atoms with Gasteiger partial charge in [0, 0.05) is 0 Å². The highest BCUT2D eigenvalue weighted by Crippen LogP contribution is 2.33. The molecule has 1 heterocycles. The van der Waals surface area contributed by atoms with E-state index in [1.54, 1.807) is 0 Å². The van der Waals surface area contributed by atoms with Crippen molar-refractivity contribution in [1.29, 1.82) is 0 Å². The molecule has 1 saturated heterocycles. The van der Waals surface area contributed by atoms with Crippen LogP contribution >= 0.6 is 23.5 Å². The molecule has 0 amide bonds. The van der Waals surface area contributed by atoms with Crippen molar-refractivity contribution in [3.8, 4) is 0 Å². The van der Waals surface area contributed by atoms with E-state index in [9.17, 15) is 5.11 Å². The maximum atomic E-state index is 9.93. The fourth-order valence-electron chi connectivity index (χ4n) is 1.85. The molecule has 1 aromatic carbocycles. The molecule has 2 nitrogen and oxygen atoms in total. The number of hydrogen-bond donors (Lipinski definition) is 1. The standard InChI is InChI=1S/C14H20O2S2/c15-13(9-14-17-7-4-8-18-14)11-16-10-12-5-2-1-3-6-12/h1-3,5-6,13-15H,4,7-11H2/t13-/m0/s1. The first-order valence-electron chi connectivity index (χ1n) is 6.37. The van der Waals surface area contributed by atoms with Gasteiger partial charge in [0.25, 0.3) is 0 Å². The normalized spacial score (nSPS) is 18.7. The van der Waals surface area contributed by atoms with Gasteiger partial charge in [0.05, 0.1) is 23.9 Å². The lowest BCUT2D eigenvalue weighted by atomic mass is 10.2. The third-order valence-corrected chi connectivity index (χ3v) is 5.78. The van der Waals surface area contributed by atoms with E-state index in [1.165, 1.54) is 17.9 Å². The summed E-state index contributed by atoms with van der Waals surface area (Å²) in [5, 5.41) is 9.93. The van der Waals surface area contributed by atoms with Gasteiger partial charge in [0.1, 0.15) is 0 Å². The van der Waals surface area contributed by atoms with E-state index in [4.69, 9.17) is 4.74 Å². The van der Waals surface area contributed by atoms with E-state index < -0.39 is 0 Å². The van der Waals surface area contributed by atoms with Crippen LogP contribution in [0, 0.1) is 0 Å². The molecule has 1 aliphatic heterocycles. The lowest BCUT2D eigenvalue weighted by Crippen LogP contribution is -2.21. The average Bonchev–Trinajstić information content (AvgIpc) is 2.41. The minimum Gasteiger partial charge on any atom is -0.391 e. The molecule has 0 saturated carbocycles. The van der Waals surface area contributed by atoms with Gasteiger partial charge in [0.2, 0.25) is 0 Å². The molecule has 18 heavy (non-hydrogen) atoms. The Bertz CT molecular complexity index is 326. The van der Waals surface area contributed by atoms with Crippen LogP contribution in [0.2, 0.25) is 0 Å². The molecule has 0 aromatic heterocycles. The summed E-state index contributed by atoms with van der Waals surface area (Å²) in [7, 11) is 0. The molecule has 1 atom stereocenters. The summed E-state index contributed by atoms with van der Waals surface area (Å²) in [6.45, 7) is 1.02. The smallest absolute Gasteiger partial charge is 0.0792 e. The highest BCUT2D eigenvalue weighted by molar-refractivity contribution is 8.17. The molecular weight excluding hydrogens is 264 g/mol. The maximum Gasteiger partial charge on any atom is 0.0792 e. The first-order valence-corrected chi connectivity index (χ1v) is 8.47. The molecule has 2 rings (SSSR count). The van der Waals surface area contributed by atoms with Gasteiger partial charge in [-0.15, -0.1) is 23.5 Å². The van der Waals surface area contributed by atoms with E-state index in [-0.39, 0.29) is 6.10 Å². The second-order valence-corrected chi connectivity index (χ2v) is 7.33. The first-order chi connectivity index (χ1) is 8.84. The second-order valence-electron chi connectivity index (χ2n) is 4.41. The number of benzene rings is 1. The molecule has 1 aromatic rings. The summed E-state index contributed by atoms with van der Waals surface area (Å²) in [6, 6.07) is 10.1. The predicted octanol–water partition coefficient (Wildman–Crippen LogP) is 3.15. The molecule has 0 aliphatic carbocycles. The van der Waals surface area contributed by atoms with Crippen LogP contribution in [0.25, 0.3) is 0 Å². The summed E-state index contributed by atoms with van der Waals surface area (Å²) >= 11 is 3.94. The molecular formula is C14H20O2S2. The second kappa shape index (κ2) is 8.10. The van der Waals surface area contributed by atoms with E-state index in [0.717, 1.165) is 12.0 Å². The lowest BCUT2D eigenvalue weighted by molar-refractivity contribution is 0.0266. The molecule has 0 radical (unpaired) electrons. The molecule has 4 heteroatoms. The van der Waals surface area contributed by atoms with Gasteiger partial charge in [-0.25, -0.2) is 0 Å². The van der Waals surface area contributed by atoms with Crippen LogP contribution < -0.4 is 0 Å². The van der Waals surface area contributed by atoms with Gasteiger partial charge in [0.15, 0.2) is 0 Å². The highest BCUT2D eigenvalue weighted by Gasteiger charge is 2.18. The number of rotatable bonds is 6. The van der Waals surface area contributed by atoms with Crippen LogP contribution in [0.5, 0.6) is 0 Å². The van der Waals surface area contributed by atoms with Crippen LogP contribution in [0.3, 0.4) is 0 Å². The molecule has 0 bridgehead atoms. The Morgan fingerprint density at radius 2 is 1.94 bits per heavy atom. The predicted molar refractivity (Wildman–Crippen MR) is 80.0 cm³/mol. The van der Waals surface area contributed by atoms with Crippen molar-refractivity contribution in [2.45, 2.75) is 30.1 Å². The number of ether oxygens (including phenoxy) is 1. The molecule has 1 N–H and O–H groups in total. The third-order valence-electron chi connectivity index (χ3n) is 2.78. The van der Waals surface area contributed by atoms with Crippen LogP contribution in [-0.2, 0) is 11.3 Å². The summed E-state index contributed by atoms with van der Waals surface area (Å²) in [4.78, 5) is 0. The Kier molecular flexibility index (Phi) is 6.41. The first kappa shape index (κ1) is 14.3. The van der Waals surface area contributed by atoms with Gasteiger partial charge in [-0.3, -0.25) is 0 Å². The van der Waals surface area contributed by atoms with Crippen molar-refractivity contribution < 1.29 is 9.84 Å². The topological polar surface area (TPSA) is 29.5 Å². The van der Waals surface area contributed by atoms with Crippen LogP contribution in [0.1, 0.15) is 18.4 Å². The fourth-order valence-corrected chi connectivity index (χ4v) is 4.86. The van der Waals surface area contributed by atoms with Gasteiger partial charge in [-0.05, 0) is 29.9 Å². The Balaban J connectivity index is 1.61. The van der Waals surface area contributed by atoms with Gasteiger partial charge >= 0.3 is 0 Å². The minimum absolute atomic E-state index is 0.336. The van der Waals surface area contributed by atoms with Crippen LogP contribution in [-0.4, -0.2) is 33.9 Å². The maximum absolute atomic E-state index is 9.93. The number of aliphatic hydroxyl groups is 1. The largest absolute Gasteiger partial charge is 0.391 e. The highest BCUT2D eigenvalue weighted by atomic mass is 32.2. The molecule has 0 spiro atoms. The number of aliphatic hydroxyl groups excluding tert-OH is 1. The number of thioether (sulfide) groups is 2. The van der Waals surface area contributed by atoms with Gasteiger partial charge in [-0.2, -0.15) is 0 Å². The van der Waals surface area contributed by atoms with Crippen molar-refractivity contribution in [3.63, 3.8) is 0 Å². The monoisotopic (exact) mass is 284 g/mol. The molecule has 1 fully saturated rings. The van der Waals surface area contributed by atoms with Gasteiger partial charge < -0.3 is 9.84 Å². The van der Waals surface area contributed by atoms with E-state index >= 15 is 0 Å². The summed E-state index contributed by atoms with van der Waals surface area (Å²) in [6.07, 6.45) is 1.80.